The lowest BCUT2D eigenvalue weighted by Gasteiger charge is -2.33. The fourth-order valence-corrected chi connectivity index (χ4v) is 3.54. The number of aryl methyl sites for hydroxylation is 2. The summed E-state index contributed by atoms with van der Waals surface area (Å²) in [4.78, 5) is 19.2. The van der Waals surface area contributed by atoms with Crippen molar-refractivity contribution in [3.8, 4) is 0 Å². The molecular formula is C17H20N4O2. The van der Waals surface area contributed by atoms with Crippen LogP contribution in [0.4, 0.5) is 0 Å². The van der Waals surface area contributed by atoms with Gasteiger partial charge in [-0.1, -0.05) is 24.3 Å². The van der Waals surface area contributed by atoms with Crippen LogP contribution in [-0.4, -0.2) is 45.7 Å². The van der Waals surface area contributed by atoms with Gasteiger partial charge < -0.3 is 9.64 Å². The molecule has 2 heterocycles. The summed E-state index contributed by atoms with van der Waals surface area (Å²) in [6.07, 6.45) is 1.65. The minimum absolute atomic E-state index is 0.0150. The number of hydrogen-bond acceptors (Lipinski definition) is 4. The molecule has 2 atom stereocenters. The van der Waals surface area contributed by atoms with Crippen LogP contribution < -0.4 is 0 Å². The van der Waals surface area contributed by atoms with Crippen LogP contribution in [0, 0.1) is 6.92 Å². The minimum Gasteiger partial charge on any atom is -0.366 e. The van der Waals surface area contributed by atoms with Gasteiger partial charge in [-0.05, 0) is 30.9 Å². The number of aromatic nitrogens is 3. The molecule has 1 aromatic carbocycles. The monoisotopic (exact) mass is 312 g/mol. The highest BCUT2D eigenvalue weighted by Gasteiger charge is 2.35. The first-order chi connectivity index (χ1) is 11.2. The maximum Gasteiger partial charge on any atom is 0.230 e. The Hall–Kier alpha value is -2.21. The van der Waals surface area contributed by atoms with Crippen LogP contribution in [0.25, 0.3) is 0 Å². The number of morpholine rings is 1. The summed E-state index contributed by atoms with van der Waals surface area (Å²) in [5, 5.41) is 7.00. The number of hydrogen-bond donors (Lipinski definition) is 1. The number of nitrogens with one attached hydrogen (secondary N) is 1. The number of carbonyl (C=O) groups excluding carboxylic acids is 1. The van der Waals surface area contributed by atoms with E-state index >= 15 is 0 Å². The van der Waals surface area contributed by atoms with Crippen LogP contribution in [0.15, 0.2) is 24.3 Å². The Morgan fingerprint density at radius 3 is 3.09 bits per heavy atom. The van der Waals surface area contributed by atoms with Gasteiger partial charge in [0.05, 0.1) is 19.1 Å². The number of aromatic amines is 1. The zero-order valence-corrected chi connectivity index (χ0v) is 13.2. The standard InChI is InChI=1S/C17H20N4O2/c1-11-18-16(20-19-11)15-10-21(8-9-23-15)17(22)14-7-6-12-4-2-3-5-13(12)14/h2-5,14-15H,6-10H2,1H3,(H,18,19,20). The molecule has 1 aromatic heterocycles. The molecule has 1 fully saturated rings. The van der Waals surface area contributed by atoms with Crippen molar-refractivity contribution in [1.29, 1.82) is 0 Å². The molecule has 0 radical (unpaired) electrons. The van der Waals surface area contributed by atoms with Crippen LogP contribution >= 0.6 is 0 Å². The lowest BCUT2D eigenvalue weighted by molar-refractivity contribution is -0.140. The van der Waals surface area contributed by atoms with Gasteiger partial charge in [0.15, 0.2) is 5.82 Å². The van der Waals surface area contributed by atoms with Crippen molar-refractivity contribution >= 4 is 5.91 Å². The van der Waals surface area contributed by atoms with Gasteiger partial charge in [-0.2, -0.15) is 5.10 Å². The van der Waals surface area contributed by atoms with Gasteiger partial charge in [-0.3, -0.25) is 9.89 Å². The smallest absolute Gasteiger partial charge is 0.230 e. The van der Waals surface area contributed by atoms with Gasteiger partial charge in [-0.25, -0.2) is 4.98 Å². The molecule has 2 aromatic rings. The second-order valence-electron chi connectivity index (χ2n) is 6.21. The average molecular weight is 312 g/mol. The van der Waals surface area contributed by atoms with Gasteiger partial charge in [0.2, 0.25) is 5.91 Å². The van der Waals surface area contributed by atoms with Crippen LogP contribution in [0.3, 0.4) is 0 Å². The molecule has 0 spiro atoms. The van der Waals surface area contributed by atoms with E-state index in [0.29, 0.717) is 25.5 Å². The van der Waals surface area contributed by atoms with Gasteiger partial charge in [0, 0.05) is 6.54 Å². The van der Waals surface area contributed by atoms with E-state index in [0.717, 1.165) is 18.7 Å². The first kappa shape index (κ1) is 14.4. The predicted octanol–water partition coefficient (Wildman–Crippen LogP) is 1.74. The molecule has 6 heteroatoms. The van der Waals surface area contributed by atoms with Crippen LogP contribution in [0.1, 0.15) is 41.2 Å². The van der Waals surface area contributed by atoms with E-state index < -0.39 is 0 Å². The Kier molecular flexibility index (Phi) is 3.61. The molecule has 6 nitrogen and oxygen atoms in total. The van der Waals surface area contributed by atoms with E-state index in [1.807, 2.05) is 24.0 Å². The normalized spacial score (nSPS) is 23.8. The molecule has 120 valence electrons. The molecular weight excluding hydrogens is 292 g/mol. The predicted molar refractivity (Wildman–Crippen MR) is 83.9 cm³/mol. The second kappa shape index (κ2) is 5.77. The zero-order valence-electron chi connectivity index (χ0n) is 13.2. The molecule has 1 amide bonds. The van der Waals surface area contributed by atoms with E-state index in [2.05, 4.69) is 27.3 Å². The van der Waals surface area contributed by atoms with Crippen molar-refractivity contribution in [2.75, 3.05) is 19.7 Å². The fraction of sp³-hybridized carbons (Fsp3) is 0.471. The fourth-order valence-electron chi connectivity index (χ4n) is 3.54. The number of ether oxygens (including phenoxy) is 1. The van der Waals surface area contributed by atoms with Gasteiger partial charge >= 0.3 is 0 Å². The van der Waals surface area contributed by atoms with Crippen LogP contribution in [-0.2, 0) is 16.0 Å². The van der Waals surface area contributed by atoms with E-state index in [-0.39, 0.29) is 17.9 Å². The Balaban J connectivity index is 1.51. The van der Waals surface area contributed by atoms with Crippen molar-refractivity contribution in [1.82, 2.24) is 20.1 Å². The van der Waals surface area contributed by atoms with Crippen LogP contribution in [0.2, 0.25) is 0 Å². The van der Waals surface area contributed by atoms with Crippen molar-refractivity contribution in [2.24, 2.45) is 0 Å². The Bertz CT molecular complexity index is 727. The molecule has 2 aliphatic rings. The summed E-state index contributed by atoms with van der Waals surface area (Å²) < 4.78 is 5.75. The highest BCUT2D eigenvalue weighted by molar-refractivity contribution is 5.85. The van der Waals surface area contributed by atoms with Gasteiger partial charge in [-0.15, -0.1) is 0 Å². The first-order valence-electron chi connectivity index (χ1n) is 8.09. The Morgan fingerprint density at radius 2 is 2.26 bits per heavy atom. The third-order valence-corrected chi connectivity index (χ3v) is 4.71. The number of rotatable bonds is 2. The topological polar surface area (TPSA) is 71.1 Å². The lowest BCUT2D eigenvalue weighted by atomic mass is 9.99. The highest BCUT2D eigenvalue weighted by Crippen LogP contribution is 2.35. The van der Waals surface area contributed by atoms with E-state index in [1.54, 1.807) is 0 Å². The molecule has 0 bridgehead atoms. The summed E-state index contributed by atoms with van der Waals surface area (Å²) >= 11 is 0. The third kappa shape index (κ3) is 2.63. The molecule has 1 aliphatic heterocycles. The van der Waals surface area contributed by atoms with Crippen molar-refractivity contribution in [3.63, 3.8) is 0 Å². The summed E-state index contributed by atoms with van der Waals surface area (Å²) in [5.74, 6) is 1.58. The molecule has 0 saturated carbocycles. The van der Waals surface area contributed by atoms with E-state index in [4.69, 9.17) is 4.74 Å². The van der Waals surface area contributed by atoms with Crippen molar-refractivity contribution < 1.29 is 9.53 Å². The van der Waals surface area contributed by atoms with Crippen molar-refractivity contribution in [2.45, 2.75) is 31.8 Å². The first-order valence-corrected chi connectivity index (χ1v) is 8.09. The third-order valence-electron chi connectivity index (χ3n) is 4.71. The van der Waals surface area contributed by atoms with Gasteiger partial charge in [0.1, 0.15) is 11.9 Å². The maximum absolute atomic E-state index is 13.0. The number of fused-ring (bicyclic) bond motifs is 1. The number of H-pyrrole nitrogens is 1. The Morgan fingerprint density at radius 1 is 1.39 bits per heavy atom. The average Bonchev–Trinajstić information content (AvgIpc) is 3.20. The van der Waals surface area contributed by atoms with E-state index in [1.165, 1.54) is 11.1 Å². The van der Waals surface area contributed by atoms with E-state index in [9.17, 15) is 4.79 Å². The number of nitrogens with zero attached hydrogens (tertiary/aromatic N) is 3. The molecule has 2 unspecified atom stereocenters. The van der Waals surface area contributed by atoms with Gasteiger partial charge in [0.25, 0.3) is 0 Å². The minimum atomic E-state index is -0.241. The SMILES string of the molecule is Cc1nc(C2CN(C(=O)C3CCc4ccccc43)CCO2)n[nH]1. The summed E-state index contributed by atoms with van der Waals surface area (Å²) in [6.45, 7) is 3.54. The van der Waals surface area contributed by atoms with Crippen LogP contribution in [0.5, 0.6) is 0 Å². The zero-order chi connectivity index (χ0) is 15.8. The largest absolute Gasteiger partial charge is 0.366 e. The lowest BCUT2D eigenvalue weighted by Crippen LogP contribution is -2.44. The summed E-state index contributed by atoms with van der Waals surface area (Å²) in [6, 6.07) is 8.27. The molecule has 23 heavy (non-hydrogen) atoms. The molecule has 4 rings (SSSR count). The molecule has 1 N–H and O–H groups in total. The maximum atomic E-state index is 13.0. The quantitative estimate of drug-likeness (QED) is 0.917. The molecule has 1 aliphatic carbocycles. The highest BCUT2D eigenvalue weighted by atomic mass is 16.5. The second-order valence-corrected chi connectivity index (χ2v) is 6.21. The summed E-state index contributed by atoms with van der Waals surface area (Å²) in [7, 11) is 0. The number of benzene rings is 1. The molecule has 1 saturated heterocycles. The van der Waals surface area contributed by atoms with Crippen molar-refractivity contribution in [3.05, 3.63) is 47.0 Å². The Labute approximate surface area is 134 Å². The number of carbonyl (C=O) groups is 1. The summed E-state index contributed by atoms with van der Waals surface area (Å²) in [5.41, 5.74) is 2.49. The number of amides is 1.